The molecule has 0 atom stereocenters. The molecule has 0 bridgehead atoms. The normalized spacial score (nSPS) is 17.1. The molecule has 0 saturated carbocycles. The molecular weight excluding hydrogens is 420 g/mol. The van der Waals surface area contributed by atoms with Crippen molar-refractivity contribution in [2.45, 2.75) is 6.92 Å². The first-order valence-corrected chi connectivity index (χ1v) is 11.1. The highest BCUT2D eigenvalue weighted by atomic mass is 16.5. The van der Waals surface area contributed by atoms with Gasteiger partial charge in [0.05, 0.1) is 44.0 Å². The Morgan fingerprint density at radius 2 is 1.85 bits per heavy atom. The fraction of sp³-hybridized carbons (Fsp3) is 0.375. The van der Waals surface area contributed by atoms with Gasteiger partial charge in [0.1, 0.15) is 11.7 Å². The summed E-state index contributed by atoms with van der Waals surface area (Å²) in [5.41, 5.74) is 10.1. The minimum atomic E-state index is -0.0270. The first-order chi connectivity index (χ1) is 16.1. The highest BCUT2D eigenvalue weighted by Crippen LogP contribution is 2.26. The van der Waals surface area contributed by atoms with E-state index in [1.165, 1.54) is 0 Å². The van der Waals surface area contributed by atoms with Gasteiger partial charge < -0.3 is 30.3 Å². The third-order valence-electron chi connectivity index (χ3n) is 5.75. The molecule has 2 fully saturated rings. The molecule has 1 aromatic carbocycles. The predicted octanol–water partition coefficient (Wildman–Crippen LogP) is 2.29. The van der Waals surface area contributed by atoms with E-state index in [0.717, 1.165) is 30.0 Å². The number of nitrogens with two attached hydrogens (primary N) is 1. The molecule has 2 saturated heterocycles. The molecule has 3 heterocycles. The second-order valence-electron chi connectivity index (χ2n) is 7.94. The summed E-state index contributed by atoms with van der Waals surface area (Å²) < 4.78 is 10.8. The predicted molar refractivity (Wildman–Crippen MR) is 129 cm³/mol. The SMILES string of the molecule is C=CNc1cnc(N2CCOCC2)cc1C(N)=Nc1cc(C(=O)N2CCOCC2)ccc1C. The number of amides is 1. The van der Waals surface area contributed by atoms with Gasteiger partial charge in [0.25, 0.3) is 5.91 Å². The largest absolute Gasteiger partial charge is 0.383 e. The number of hydrogen-bond donors (Lipinski definition) is 2. The van der Waals surface area contributed by atoms with Crippen LogP contribution in [0.3, 0.4) is 0 Å². The van der Waals surface area contributed by atoms with E-state index in [-0.39, 0.29) is 5.91 Å². The second-order valence-corrected chi connectivity index (χ2v) is 7.94. The summed E-state index contributed by atoms with van der Waals surface area (Å²) in [5.74, 6) is 1.12. The number of morpholine rings is 2. The van der Waals surface area contributed by atoms with Gasteiger partial charge in [-0.05, 0) is 36.9 Å². The number of aliphatic imine (C=N–C) groups is 1. The lowest BCUT2D eigenvalue weighted by Crippen LogP contribution is -2.40. The minimum Gasteiger partial charge on any atom is -0.383 e. The molecule has 174 valence electrons. The summed E-state index contributed by atoms with van der Waals surface area (Å²) >= 11 is 0. The average Bonchev–Trinajstić information content (AvgIpc) is 2.86. The molecular formula is C24H30N6O3. The molecule has 0 aliphatic carbocycles. The number of aromatic nitrogens is 1. The third kappa shape index (κ3) is 5.32. The fourth-order valence-corrected chi connectivity index (χ4v) is 3.85. The lowest BCUT2D eigenvalue weighted by molar-refractivity contribution is 0.0303. The summed E-state index contributed by atoms with van der Waals surface area (Å²) in [6, 6.07) is 7.45. The van der Waals surface area contributed by atoms with E-state index in [1.54, 1.807) is 23.4 Å². The number of nitrogens with zero attached hydrogens (tertiary/aromatic N) is 4. The Bertz CT molecular complexity index is 1040. The highest BCUT2D eigenvalue weighted by molar-refractivity contribution is 6.04. The van der Waals surface area contributed by atoms with Gasteiger partial charge in [-0.1, -0.05) is 12.6 Å². The maximum Gasteiger partial charge on any atom is 0.254 e. The lowest BCUT2D eigenvalue weighted by atomic mass is 10.1. The van der Waals surface area contributed by atoms with Crippen molar-refractivity contribution < 1.29 is 14.3 Å². The number of amidine groups is 1. The number of rotatable bonds is 6. The molecule has 0 unspecified atom stereocenters. The van der Waals surface area contributed by atoms with Crippen LogP contribution in [0.15, 0.2) is 48.2 Å². The summed E-state index contributed by atoms with van der Waals surface area (Å²) in [7, 11) is 0. The molecule has 9 heteroatoms. The average molecular weight is 451 g/mol. The quantitative estimate of drug-likeness (QED) is 0.514. The van der Waals surface area contributed by atoms with Crippen LogP contribution in [-0.2, 0) is 9.47 Å². The first kappa shape index (κ1) is 22.8. The Labute approximate surface area is 193 Å². The number of aryl methyl sites for hydroxylation is 1. The Morgan fingerprint density at radius 3 is 2.55 bits per heavy atom. The smallest absolute Gasteiger partial charge is 0.254 e. The lowest BCUT2D eigenvalue weighted by Gasteiger charge is -2.28. The van der Waals surface area contributed by atoms with E-state index >= 15 is 0 Å². The Kier molecular flexibility index (Phi) is 7.21. The van der Waals surface area contributed by atoms with Crippen molar-refractivity contribution >= 4 is 28.9 Å². The summed E-state index contributed by atoms with van der Waals surface area (Å²) in [6.07, 6.45) is 3.31. The van der Waals surface area contributed by atoms with Crippen LogP contribution in [0.2, 0.25) is 0 Å². The van der Waals surface area contributed by atoms with Crippen LogP contribution in [0.4, 0.5) is 17.2 Å². The monoisotopic (exact) mass is 450 g/mol. The number of ether oxygens (including phenoxy) is 2. The van der Waals surface area contributed by atoms with Crippen LogP contribution in [0, 0.1) is 6.92 Å². The number of hydrogen-bond acceptors (Lipinski definition) is 7. The van der Waals surface area contributed by atoms with E-state index in [1.807, 2.05) is 25.1 Å². The number of carbonyl (C=O) groups excluding carboxylic acids is 1. The van der Waals surface area contributed by atoms with Crippen molar-refractivity contribution in [1.29, 1.82) is 0 Å². The van der Waals surface area contributed by atoms with Gasteiger partial charge in [-0.25, -0.2) is 9.98 Å². The third-order valence-corrected chi connectivity index (χ3v) is 5.75. The van der Waals surface area contributed by atoms with E-state index in [4.69, 9.17) is 20.2 Å². The van der Waals surface area contributed by atoms with E-state index in [0.29, 0.717) is 62.3 Å². The number of carbonyl (C=O) groups is 1. The van der Waals surface area contributed by atoms with Gasteiger partial charge in [-0.2, -0.15) is 0 Å². The van der Waals surface area contributed by atoms with Gasteiger partial charge in [0, 0.05) is 37.3 Å². The summed E-state index contributed by atoms with van der Waals surface area (Å²) in [5, 5.41) is 3.08. The van der Waals surface area contributed by atoms with Gasteiger partial charge in [-0.15, -0.1) is 0 Å². The molecule has 2 aromatic rings. The number of pyridine rings is 1. The van der Waals surface area contributed by atoms with E-state index in [2.05, 4.69) is 21.8 Å². The Balaban J connectivity index is 1.65. The number of nitrogens with one attached hydrogen (secondary N) is 1. The fourth-order valence-electron chi connectivity index (χ4n) is 3.85. The van der Waals surface area contributed by atoms with Crippen molar-refractivity contribution in [2.75, 3.05) is 62.8 Å². The molecule has 1 aromatic heterocycles. The van der Waals surface area contributed by atoms with Gasteiger partial charge in [-0.3, -0.25) is 4.79 Å². The first-order valence-electron chi connectivity index (χ1n) is 11.1. The molecule has 33 heavy (non-hydrogen) atoms. The zero-order valence-electron chi connectivity index (χ0n) is 18.9. The molecule has 2 aliphatic rings. The van der Waals surface area contributed by atoms with Crippen LogP contribution >= 0.6 is 0 Å². The molecule has 2 aliphatic heterocycles. The summed E-state index contributed by atoms with van der Waals surface area (Å²) in [6.45, 7) is 10.8. The zero-order chi connectivity index (χ0) is 23.2. The minimum absolute atomic E-state index is 0.0270. The van der Waals surface area contributed by atoms with Crippen molar-refractivity contribution in [1.82, 2.24) is 9.88 Å². The van der Waals surface area contributed by atoms with E-state index < -0.39 is 0 Å². The molecule has 3 N–H and O–H groups in total. The zero-order valence-corrected chi connectivity index (χ0v) is 18.9. The van der Waals surface area contributed by atoms with Crippen LogP contribution in [0.25, 0.3) is 0 Å². The second kappa shape index (κ2) is 10.5. The van der Waals surface area contributed by atoms with Crippen molar-refractivity contribution in [3.05, 3.63) is 59.9 Å². The molecule has 0 radical (unpaired) electrons. The maximum atomic E-state index is 12.9. The molecule has 9 nitrogen and oxygen atoms in total. The van der Waals surface area contributed by atoms with Gasteiger partial charge in [0.15, 0.2) is 0 Å². The Morgan fingerprint density at radius 1 is 1.15 bits per heavy atom. The van der Waals surface area contributed by atoms with Crippen molar-refractivity contribution in [2.24, 2.45) is 10.7 Å². The molecule has 0 spiro atoms. The van der Waals surface area contributed by atoms with E-state index in [9.17, 15) is 4.79 Å². The van der Waals surface area contributed by atoms with Crippen LogP contribution in [-0.4, -0.2) is 74.2 Å². The molecule has 1 amide bonds. The highest BCUT2D eigenvalue weighted by Gasteiger charge is 2.20. The van der Waals surface area contributed by atoms with Crippen molar-refractivity contribution in [3.63, 3.8) is 0 Å². The maximum absolute atomic E-state index is 12.9. The van der Waals surface area contributed by atoms with Crippen LogP contribution < -0.4 is 16.0 Å². The van der Waals surface area contributed by atoms with Gasteiger partial charge in [0.2, 0.25) is 0 Å². The Hall–Kier alpha value is -3.43. The number of anilines is 2. The van der Waals surface area contributed by atoms with Crippen LogP contribution in [0.1, 0.15) is 21.5 Å². The van der Waals surface area contributed by atoms with Crippen molar-refractivity contribution in [3.8, 4) is 0 Å². The molecule has 4 rings (SSSR count). The van der Waals surface area contributed by atoms with Crippen LogP contribution in [0.5, 0.6) is 0 Å². The summed E-state index contributed by atoms with van der Waals surface area (Å²) in [4.78, 5) is 26.1. The van der Waals surface area contributed by atoms with Gasteiger partial charge >= 0.3 is 0 Å². The number of benzene rings is 1. The standard InChI is InChI=1S/C24H30N6O3/c1-3-26-21-16-27-22(29-6-10-32-11-7-29)15-19(21)23(25)28-20-14-18(5-4-17(20)2)24(31)30-8-12-33-13-9-30/h3-5,14-16,26H,1,6-13H2,2H3,(H2,25,28). The topological polar surface area (TPSA) is 105 Å².